The highest BCUT2D eigenvalue weighted by Crippen LogP contribution is 2.28. The zero-order valence-corrected chi connectivity index (χ0v) is 26.3. The van der Waals surface area contributed by atoms with Gasteiger partial charge < -0.3 is 10.2 Å². The van der Waals surface area contributed by atoms with E-state index in [2.05, 4.69) is 5.32 Å². The number of hydrogen-bond acceptors (Lipinski definition) is 4. The number of nitrogens with one attached hydrogen (secondary N) is 1. The molecule has 0 saturated carbocycles. The zero-order chi connectivity index (χ0) is 30.2. The Morgan fingerprint density at radius 3 is 2.27 bits per heavy atom. The Bertz CT molecular complexity index is 1470. The van der Waals surface area contributed by atoms with Crippen LogP contribution in [0.4, 0.5) is 5.69 Å². The Kier molecular flexibility index (Phi) is 11.9. The molecule has 41 heavy (non-hydrogen) atoms. The average molecular weight is 639 g/mol. The monoisotopic (exact) mass is 637 g/mol. The summed E-state index contributed by atoms with van der Waals surface area (Å²) in [6, 6.07) is 18.8. The van der Waals surface area contributed by atoms with Gasteiger partial charge in [-0.3, -0.25) is 13.9 Å². The highest BCUT2D eigenvalue weighted by molar-refractivity contribution is 7.92. The van der Waals surface area contributed by atoms with E-state index in [4.69, 9.17) is 34.8 Å². The molecule has 3 rings (SSSR count). The Morgan fingerprint density at radius 2 is 1.63 bits per heavy atom. The average Bonchev–Trinajstić information content (AvgIpc) is 2.92. The van der Waals surface area contributed by atoms with Crippen molar-refractivity contribution in [2.75, 3.05) is 23.7 Å². The predicted octanol–water partition coefficient (Wildman–Crippen LogP) is 6.28. The largest absolute Gasteiger partial charge is 0.355 e. The molecule has 220 valence electrons. The van der Waals surface area contributed by atoms with E-state index in [1.165, 1.54) is 9.21 Å². The second-order valence-corrected chi connectivity index (χ2v) is 12.9. The number of likely N-dealkylation sites (N-methyl/N-ethyl adjacent to an activating group) is 1. The molecule has 2 amide bonds. The second kappa shape index (κ2) is 14.9. The number of aryl methyl sites for hydroxylation is 1. The number of benzene rings is 3. The number of sulfonamides is 1. The van der Waals surface area contributed by atoms with Crippen LogP contribution < -0.4 is 9.62 Å². The van der Waals surface area contributed by atoms with Crippen molar-refractivity contribution in [3.8, 4) is 0 Å². The van der Waals surface area contributed by atoms with E-state index in [0.29, 0.717) is 39.3 Å². The maximum absolute atomic E-state index is 13.8. The van der Waals surface area contributed by atoms with Crippen LogP contribution in [0.5, 0.6) is 0 Å². The number of carbonyl (C=O) groups excluding carboxylic acids is 2. The summed E-state index contributed by atoms with van der Waals surface area (Å²) in [5, 5.41) is 3.99. The van der Waals surface area contributed by atoms with Gasteiger partial charge in [0.1, 0.15) is 6.04 Å². The third-order valence-corrected chi connectivity index (χ3v) is 8.71. The number of halogens is 3. The normalized spacial score (nSPS) is 12.0. The van der Waals surface area contributed by atoms with Crippen LogP contribution in [-0.4, -0.2) is 50.5 Å². The van der Waals surface area contributed by atoms with Crippen LogP contribution in [0.1, 0.15) is 36.5 Å². The molecule has 0 aliphatic carbocycles. The summed E-state index contributed by atoms with van der Waals surface area (Å²) in [6.45, 7) is 4.21. The van der Waals surface area contributed by atoms with Crippen LogP contribution in [-0.2, 0) is 32.6 Å². The summed E-state index contributed by atoms with van der Waals surface area (Å²) in [6.07, 6.45) is 1.66. The first kappa shape index (κ1) is 32.7. The van der Waals surface area contributed by atoms with Crippen LogP contribution in [0.3, 0.4) is 0 Å². The summed E-state index contributed by atoms with van der Waals surface area (Å²) in [4.78, 5) is 28.7. The van der Waals surface area contributed by atoms with E-state index in [1.54, 1.807) is 43.3 Å². The fourth-order valence-electron chi connectivity index (χ4n) is 4.51. The summed E-state index contributed by atoms with van der Waals surface area (Å²) in [5.74, 6) is -0.573. The molecule has 3 aromatic rings. The van der Waals surface area contributed by atoms with Crippen LogP contribution in [0, 0.1) is 6.92 Å². The van der Waals surface area contributed by atoms with Gasteiger partial charge in [0.15, 0.2) is 0 Å². The van der Waals surface area contributed by atoms with Crippen molar-refractivity contribution >= 4 is 62.3 Å². The summed E-state index contributed by atoms with van der Waals surface area (Å²) in [5.41, 5.74) is 2.81. The van der Waals surface area contributed by atoms with Crippen LogP contribution in [0.2, 0.25) is 15.1 Å². The van der Waals surface area contributed by atoms with Crippen molar-refractivity contribution in [1.82, 2.24) is 10.2 Å². The molecular formula is C30H34Cl3N3O4S. The zero-order valence-electron chi connectivity index (χ0n) is 23.2. The van der Waals surface area contributed by atoms with Crippen molar-refractivity contribution in [3.05, 3.63) is 98.5 Å². The first-order chi connectivity index (χ1) is 19.4. The van der Waals surface area contributed by atoms with E-state index in [9.17, 15) is 18.0 Å². The first-order valence-electron chi connectivity index (χ1n) is 13.2. The third kappa shape index (κ3) is 9.36. The molecule has 0 heterocycles. The van der Waals surface area contributed by atoms with E-state index < -0.39 is 16.1 Å². The minimum atomic E-state index is -3.65. The van der Waals surface area contributed by atoms with Crippen LogP contribution in [0.25, 0.3) is 0 Å². The topological polar surface area (TPSA) is 86.8 Å². The van der Waals surface area contributed by atoms with E-state index in [0.717, 1.165) is 17.4 Å². The van der Waals surface area contributed by atoms with Crippen molar-refractivity contribution < 1.29 is 18.0 Å². The molecule has 0 spiro atoms. The number of nitrogens with zero attached hydrogens (tertiary/aromatic N) is 2. The molecule has 7 nitrogen and oxygen atoms in total. The molecule has 0 unspecified atom stereocenters. The molecule has 11 heteroatoms. The summed E-state index contributed by atoms with van der Waals surface area (Å²) >= 11 is 18.5. The summed E-state index contributed by atoms with van der Waals surface area (Å²) < 4.78 is 26.6. The standard InChI is InChI=1S/C30H34Cl3N3O4S/c1-4-34-30(38)28(18-22-9-6-5-7-10-22)35(20-23-13-15-25(32)26(33)17-23)29(37)11-8-16-36(41(3,39)40)27-19-24(31)14-12-21(27)2/h5-7,9-10,12-15,17,19,28H,4,8,11,16,18,20H2,1-3H3,(H,34,38)/t28-/m1/s1. The lowest BCUT2D eigenvalue weighted by atomic mass is 10.0. The molecule has 0 fully saturated rings. The van der Waals surface area contributed by atoms with Gasteiger partial charge in [-0.25, -0.2) is 8.42 Å². The van der Waals surface area contributed by atoms with Gasteiger partial charge in [0.2, 0.25) is 21.8 Å². The highest BCUT2D eigenvalue weighted by Gasteiger charge is 2.30. The minimum Gasteiger partial charge on any atom is -0.355 e. The Balaban J connectivity index is 1.90. The molecule has 1 N–H and O–H groups in total. The van der Waals surface area contributed by atoms with E-state index in [-0.39, 0.29) is 37.7 Å². The fraction of sp³-hybridized carbons (Fsp3) is 0.333. The molecular weight excluding hydrogens is 605 g/mol. The predicted molar refractivity (Wildman–Crippen MR) is 167 cm³/mol. The highest BCUT2D eigenvalue weighted by atomic mass is 35.5. The van der Waals surface area contributed by atoms with Crippen molar-refractivity contribution in [2.24, 2.45) is 0 Å². The van der Waals surface area contributed by atoms with Gasteiger partial charge >= 0.3 is 0 Å². The van der Waals surface area contributed by atoms with Gasteiger partial charge in [-0.1, -0.05) is 77.3 Å². The lowest BCUT2D eigenvalue weighted by molar-refractivity contribution is -0.141. The van der Waals surface area contributed by atoms with Crippen LogP contribution >= 0.6 is 34.8 Å². The molecule has 0 aliphatic rings. The Labute approximate surface area is 257 Å². The maximum atomic E-state index is 13.8. The SMILES string of the molecule is CCNC(=O)[C@@H](Cc1ccccc1)N(Cc1ccc(Cl)c(Cl)c1)C(=O)CCCN(c1cc(Cl)ccc1C)S(C)(=O)=O. The van der Waals surface area contributed by atoms with Gasteiger partial charge in [0, 0.05) is 37.5 Å². The van der Waals surface area contributed by atoms with E-state index in [1.807, 2.05) is 37.3 Å². The van der Waals surface area contributed by atoms with Crippen LogP contribution in [0.15, 0.2) is 66.7 Å². The fourth-order valence-corrected chi connectivity index (χ4v) is 6.02. The smallest absolute Gasteiger partial charge is 0.243 e. The second-order valence-electron chi connectivity index (χ2n) is 9.74. The van der Waals surface area contributed by atoms with Crippen molar-refractivity contribution in [1.29, 1.82) is 0 Å². The molecule has 0 bridgehead atoms. The Morgan fingerprint density at radius 1 is 0.927 bits per heavy atom. The van der Waals surface area contributed by atoms with E-state index >= 15 is 0 Å². The first-order valence-corrected chi connectivity index (χ1v) is 16.2. The molecule has 0 radical (unpaired) electrons. The van der Waals surface area contributed by atoms with Gasteiger partial charge in [0.25, 0.3) is 0 Å². The lowest BCUT2D eigenvalue weighted by Crippen LogP contribution is -2.50. The minimum absolute atomic E-state index is 0.0116. The molecule has 0 saturated heterocycles. The van der Waals surface area contributed by atoms with Crippen molar-refractivity contribution in [3.63, 3.8) is 0 Å². The van der Waals surface area contributed by atoms with Gasteiger partial charge in [-0.05, 0) is 61.2 Å². The molecule has 0 aromatic heterocycles. The summed E-state index contributed by atoms with van der Waals surface area (Å²) in [7, 11) is -3.65. The number of carbonyl (C=O) groups is 2. The number of amides is 2. The van der Waals surface area contributed by atoms with Crippen molar-refractivity contribution in [2.45, 2.75) is 45.7 Å². The van der Waals surface area contributed by atoms with Gasteiger partial charge in [-0.15, -0.1) is 0 Å². The molecule has 3 aromatic carbocycles. The van der Waals surface area contributed by atoms with Gasteiger partial charge in [0.05, 0.1) is 22.0 Å². The maximum Gasteiger partial charge on any atom is 0.243 e. The molecule has 1 atom stereocenters. The molecule has 0 aliphatic heterocycles. The Hall–Kier alpha value is -2.78. The quantitative estimate of drug-likeness (QED) is 0.239. The third-order valence-electron chi connectivity index (χ3n) is 6.55. The number of rotatable bonds is 13. The lowest BCUT2D eigenvalue weighted by Gasteiger charge is -2.32. The number of anilines is 1. The van der Waals surface area contributed by atoms with Gasteiger partial charge in [-0.2, -0.15) is 0 Å². The number of hydrogen-bond donors (Lipinski definition) is 1.